The third kappa shape index (κ3) is 10.6. The van der Waals surface area contributed by atoms with Crippen molar-refractivity contribution in [2.75, 3.05) is 18.6 Å². The first-order valence-electron chi connectivity index (χ1n) is 8.41. The van der Waals surface area contributed by atoms with Gasteiger partial charge in [-0.3, -0.25) is 14.6 Å². The summed E-state index contributed by atoms with van der Waals surface area (Å²) < 4.78 is 0. The molecule has 0 aromatic heterocycles. The van der Waals surface area contributed by atoms with Gasteiger partial charge in [0.05, 0.1) is 6.10 Å². The molecule has 0 aromatic rings. The van der Waals surface area contributed by atoms with Gasteiger partial charge in [0.1, 0.15) is 18.1 Å². The molecule has 4 atom stereocenters. The molecule has 0 aliphatic carbocycles. The largest absolute Gasteiger partial charge is 0.480 e. The van der Waals surface area contributed by atoms with Crippen LogP contribution in [0.2, 0.25) is 0 Å². The van der Waals surface area contributed by atoms with Gasteiger partial charge in [-0.2, -0.15) is 11.8 Å². The van der Waals surface area contributed by atoms with E-state index >= 15 is 0 Å². The number of nitrogens with two attached hydrogens (primary N) is 3. The Bertz CT molecular complexity index is 527. The Morgan fingerprint density at radius 1 is 1.11 bits per heavy atom. The minimum atomic E-state index is -1.22. The van der Waals surface area contributed by atoms with E-state index in [9.17, 15) is 24.6 Å². The number of hydrogen-bond acceptors (Lipinski definition) is 7. The highest BCUT2D eigenvalue weighted by Gasteiger charge is 2.28. The quantitative estimate of drug-likeness (QED) is 0.0983. The molecule has 0 rings (SSSR count). The predicted octanol–water partition coefficient (Wildman–Crippen LogP) is -2.44. The van der Waals surface area contributed by atoms with E-state index in [4.69, 9.17) is 17.2 Å². The first-order valence-corrected chi connectivity index (χ1v) is 9.81. The van der Waals surface area contributed by atoms with E-state index in [2.05, 4.69) is 15.6 Å². The second-order valence-electron chi connectivity index (χ2n) is 5.96. The van der Waals surface area contributed by atoms with Gasteiger partial charge in [0.25, 0.3) is 0 Å². The van der Waals surface area contributed by atoms with Crippen molar-refractivity contribution >= 4 is 35.5 Å². The first kappa shape index (κ1) is 24.9. The number of aliphatic hydroxyl groups excluding tert-OH is 1. The summed E-state index contributed by atoms with van der Waals surface area (Å²) in [6, 6.07) is -3.33. The molecular weight excluding hydrogens is 376 g/mol. The number of hydrogen-bond donors (Lipinski definition) is 7. The van der Waals surface area contributed by atoms with Crippen LogP contribution in [0.25, 0.3) is 0 Å². The standard InChI is InChI=1S/C15H30N6O5S/c1-8(22)11(16)13(24)20-9(4-3-6-19-15(17)18)12(23)21-10(14(25)26)5-7-27-2/h8-11,22H,3-7,16H2,1-2H3,(H,20,24)(H,21,23)(H,25,26)(H4,17,18,19)/t8-,9+,10+,11+/m1/s1. The lowest BCUT2D eigenvalue weighted by Crippen LogP contribution is -2.56. The molecule has 0 aliphatic heterocycles. The van der Waals surface area contributed by atoms with Gasteiger partial charge in [0, 0.05) is 6.54 Å². The fourth-order valence-corrected chi connectivity index (χ4v) is 2.50. The molecule has 0 fully saturated rings. The lowest BCUT2D eigenvalue weighted by Gasteiger charge is -2.23. The van der Waals surface area contributed by atoms with Crippen LogP contribution in [0.1, 0.15) is 26.2 Å². The number of aliphatic hydroxyl groups is 1. The van der Waals surface area contributed by atoms with Crippen LogP contribution in [0.15, 0.2) is 4.99 Å². The fourth-order valence-electron chi connectivity index (χ4n) is 2.02. The summed E-state index contributed by atoms with van der Waals surface area (Å²) in [5.41, 5.74) is 16.0. The number of carbonyl (C=O) groups excluding carboxylic acids is 2. The number of aliphatic carboxylic acids is 1. The topological polar surface area (TPSA) is 206 Å². The molecular formula is C15H30N6O5S. The minimum Gasteiger partial charge on any atom is -0.480 e. The second kappa shape index (κ2) is 13.2. The molecule has 0 saturated heterocycles. The minimum absolute atomic E-state index is 0.0980. The molecule has 0 unspecified atom stereocenters. The Morgan fingerprint density at radius 2 is 1.70 bits per heavy atom. The zero-order chi connectivity index (χ0) is 21.0. The number of nitrogens with one attached hydrogen (secondary N) is 2. The summed E-state index contributed by atoms with van der Waals surface area (Å²) >= 11 is 1.45. The highest BCUT2D eigenvalue weighted by Crippen LogP contribution is 2.05. The maximum absolute atomic E-state index is 12.5. The molecule has 27 heavy (non-hydrogen) atoms. The number of carboxylic acid groups (broad SMARTS) is 1. The van der Waals surface area contributed by atoms with Gasteiger partial charge in [0.2, 0.25) is 11.8 Å². The fraction of sp³-hybridized carbons (Fsp3) is 0.733. The molecule has 0 bridgehead atoms. The number of thioether (sulfide) groups is 1. The molecule has 0 aliphatic rings. The molecule has 156 valence electrons. The number of carbonyl (C=O) groups is 3. The van der Waals surface area contributed by atoms with E-state index in [0.29, 0.717) is 12.2 Å². The molecule has 10 N–H and O–H groups in total. The van der Waals surface area contributed by atoms with Crippen molar-refractivity contribution in [3.05, 3.63) is 0 Å². The predicted molar refractivity (Wildman–Crippen MR) is 104 cm³/mol. The average molecular weight is 407 g/mol. The Hall–Kier alpha value is -2.05. The normalized spacial score (nSPS) is 15.1. The van der Waals surface area contributed by atoms with Crippen molar-refractivity contribution in [3.63, 3.8) is 0 Å². The number of carboxylic acids is 1. The van der Waals surface area contributed by atoms with Gasteiger partial charge in [-0.15, -0.1) is 0 Å². The number of amides is 2. The highest BCUT2D eigenvalue weighted by molar-refractivity contribution is 7.98. The van der Waals surface area contributed by atoms with Crippen LogP contribution in [0.4, 0.5) is 0 Å². The number of aliphatic imine (C=N–C) groups is 1. The van der Waals surface area contributed by atoms with Crippen LogP contribution in [-0.4, -0.2) is 76.7 Å². The van der Waals surface area contributed by atoms with E-state index in [1.54, 1.807) is 0 Å². The van der Waals surface area contributed by atoms with Crippen molar-refractivity contribution in [2.24, 2.45) is 22.2 Å². The van der Waals surface area contributed by atoms with Crippen LogP contribution in [0.3, 0.4) is 0 Å². The van der Waals surface area contributed by atoms with E-state index in [1.807, 2.05) is 6.26 Å². The van der Waals surface area contributed by atoms with Crippen molar-refractivity contribution in [1.29, 1.82) is 0 Å². The monoisotopic (exact) mass is 406 g/mol. The maximum atomic E-state index is 12.5. The van der Waals surface area contributed by atoms with Crippen LogP contribution >= 0.6 is 11.8 Å². The molecule has 0 heterocycles. The summed E-state index contributed by atoms with van der Waals surface area (Å²) in [5.74, 6) is -2.09. The molecule has 0 aromatic carbocycles. The SMILES string of the molecule is CSCC[C@H](NC(=O)[C@H](CCCN=C(N)N)NC(=O)[C@@H](N)[C@@H](C)O)C(=O)O. The third-order valence-electron chi connectivity index (χ3n) is 3.63. The first-order chi connectivity index (χ1) is 12.6. The van der Waals surface area contributed by atoms with E-state index < -0.39 is 42.0 Å². The number of nitrogens with zero attached hydrogens (tertiary/aromatic N) is 1. The molecule has 12 heteroatoms. The lowest BCUT2D eigenvalue weighted by atomic mass is 10.1. The number of guanidine groups is 1. The molecule has 0 saturated carbocycles. The highest BCUT2D eigenvalue weighted by atomic mass is 32.2. The Balaban J connectivity index is 5.06. The van der Waals surface area contributed by atoms with Gasteiger partial charge in [-0.1, -0.05) is 0 Å². The van der Waals surface area contributed by atoms with Crippen LogP contribution in [0.5, 0.6) is 0 Å². The van der Waals surface area contributed by atoms with Gasteiger partial charge < -0.3 is 38.0 Å². The van der Waals surface area contributed by atoms with Gasteiger partial charge in [0.15, 0.2) is 5.96 Å². The van der Waals surface area contributed by atoms with Gasteiger partial charge in [-0.25, -0.2) is 4.79 Å². The van der Waals surface area contributed by atoms with E-state index in [0.717, 1.165) is 0 Å². The zero-order valence-corrected chi connectivity index (χ0v) is 16.4. The van der Waals surface area contributed by atoms with Crippen molar-refractivity contribution < 1.29 is 24.6 Å². The summed E-state index contributed by atoms with van der Waals surface area (Å²) in [6.07, 6.45) is 1.48. The Kier molecular flexibility index (Phi) is 12.2. The zero-order valence-electron chi connectivity index (χ0n) is 15.6. The van der Waals surface area contributed by atoms with Crippen molar-refractivity contribution in [2.45, 2.75) is 50.4 Å². The lowest BCUT2D eigenvalue weighted by molar-refractivity contribution is -0.142. The summed E-state index contributed by atoms with van der Waals surface area (Å²) in [6.45, 7) is 1.58. The van der Waals surface area contributed by atoms with Gasteiger partial charge >= 0.3 is 5.97 Å². The number of rotatable bonds is 13. The van der Waals surface area contributed by atoms with E-state index in [-0.39, 0.29) is 25.3 Å². The van der Waals surface area contributed by atoms with Crippen molar-refractivity contribution in [1.82, 2.24) is 10.6 Å². The van der Waals surface area contributed by atoms with Gasteiger partial charge in [-0.05, 0) is 38.2 Å². The molecule has 0 spiro atoms. The Morgan fingerprint density at radius 3 is 2.19 bits per heavy atom. The Labute approximate surface area is 162 Å². The maximum Gasteiger partial charge on any atom is 0.326 e. The summed E-state index contributed by atoms with van der Waals surface area (Å²) in [7, 11) is 0. The molecule has 11 nitrogen and oxygen atoms in total. The molecule has 2 amide bonds. The van der Waals surface area contributed by atoms with Crippen LogP contribution < -0.4 is 27.8 Å². The average Bonchev–Trinajstić information content (AvgIpc) is 2.59. The van der Waals surface area contributed by atoms with E-state index in [1.165, 1.54) is 18.7 Å². The van der Waals surface area contributed by atoms with Crippen LogP contribution in [-0.2, 0) is 14.4 Å². The van der Waals surface area contributed by atoms with Crippen molar-refractivity contribution in [3.8, 4) is 0 Å². The summed E-state index contributed by atoms with van der Waals surface area (Å²) in [5, 5.41) is 23.5. The smallest absolute Gasteiger partial charge is 0.326 e. The third-order valence-corrected chi connectivity index (χ3v) is 4.27. The summed E-state index contributed by atoms with van der Waals surface area (Å²) in [4.78, 5) is 39.7. The molecule has 0 radical (unpaired) electrons. The van der Waals surface area contributed by atoms with Crippen LogP contribution in [0, 0.1) is 0 Å². The second-order valence-corrected chi connectivity index (χ2v) is 6.94.